The van der Waals surface area contributed by atoms with Crippen molar-refractivity contribution in [3.8, 4) is 11.4 Å². The third kappa shape index (κ3) is 1.71. The van der Waals surface area contributed by atoms with Crippen LogP contribution in [-0.4, -0.2) is 16.9 Å². The molecule has 0 aliphatic rings. The molecule has 1 aromatic heterocycles. The number of nitrogen functional groups attached to an aromatic ring is 1. The van der Waals surface area contributed by atoms with Crippen molar-refractivity contribution in [2.75, 3.05) is 12.8 Å². The van der Waals surface area contributed by atoms with E-state index in [1.54, 1.807) is 23.0 Å². The second kappa shape index (κ2) is 3.84. The molecule has 0 aliphatic heterocycles. The van der Waals surface area contributed by atoms with Crippen LogP contribution < -0.4 is 10.5 Å². The van der Waals surface area contributed by atoms with Crippen molar-refractivity contribution in [2.45, 2.75) is 6.92 Å². The topological polar surface area (TPSA) is 53.1 Å². The minimum Gasteiger partial charge on any atom is -0.494 e. The Balaban J connectivity index is 2.48. The fourth-order valence-electron chi connectivity index (χ4n) is 1.40. The summed E-state index contributed by atoms with van der Waals surface area (Å²) in [5.74, 6) is 0.246. The van der Waals surface area contributed by atoms with Crippen molar-refractivity contribution in [3.05, 3.63) is 35.8 Å². The van der Waals surface area contributed by atoms with Gasteiger partial charge in [0.15, 0.2) is 11.6 Å². The van der Waals surface area contributed by atoms with Gasteiger partial charge < -0.3 is 10.5 Å². The van der Waals surface area contributed by atoms with Crippen LogP contribution in [0.3, 0.4) is 0 Å². The average Bonchev–Trinajstić information content (AvgIpc) is 2.60. The Kier molecular flexibility index (Phi) is 2.52. The highest BCUT2D eigenvalue weighted by Gasteiger charge is 2.07. The number of aryl methyl sites for hydroxylation is 1. The highest BCUT2D eigenvalue weighted by Crippen LogP contribution is 2.21. The van der Waals surface area contributed by atoms with Gasteiger partial charge in [-0.25, -0.2) is 9.07 Å². The summed E-state index contributed by atoms with van der Waals surface area (Å²) in [6.07, 6.45) is 1.78. The maximum atomic E-state index is 13.2. The van der Waals surface area contributed by atoms with E-state index in [-0.39, 0.29) is 5.75 Å². The molecule has 0 saturated heterocycles. The first-order chi connectivity index (χ1) is 7.61. The van der Waals surface area contributed by atoms with Crippen LogP contribution in [0.1, 0.15) is 5.56 Å². The Labute approximate surface area is 92.4 Å². The van der Waals surface area contributed by atoms with Gasteiger partial charge in [-0.05, 0) is 19.1 Å². The van der Waals surface area contributed by atoms with Crippen molar-refractivity contribution >= 4 is 5.82 Å². The predicted octanol–water partition coefficient (Wildman–Crippen LogP) is 1.91. The van der Waals surface area contributed by atoms with E-state index in [1.165, 1.54) is 13.2 Å². The second-order valence-electron chi connectivity index (χ2n) is 3.46. The summed E-state index contributed by atoms with van der Waals surface area (Å²) < 4.78 is 19.7. The SMILES string of the molecule is COc1cc(-n2cc(C)c(N)n2)ccc1F. The number of hydrogen-bond donors (Lipinski definition) is 1. The van der Waals surface area contributed by atoms with Crippen molar-refractivity contribution in [1.29, 1.82) is 0 Å². The summed E-state index contributed by atoms with van der Waals surface area (Å²) in [4.78, 5) is 0. The summed E-state index contributed by atoms with van der Waals surface area (Å²) in [5.41, 5.74) is 7.23. The lowest BCUT2D eigenvalue weighted by Crippen LogP contribution is -1.98. The second-order valence-corrected chi connectivity index (χ2v) is 3.46. The molecule has 0 saturated carbocycles. The molecule has 4 nitrogen and oxygen atoms in total. The van der Waals surface area contributed by atoms with E-state index >= 15 is 0 Å². The number of hydrogen-bond acceptors (Lipinski definition) is 3. The highest BCUT2D eigenvalue weighted by molar-refractivity contribution is 5.44. The third-order valence-electron chi connectivity index (χ3n) is 2.33. The number of methoxy groups -OCH3 is 1. The van der Waals surface area contributed by atoms with Crippen molar-refractivity contribution in [1.82, 2.24) is 9.78 Å². The van der Waals surface area contributed by atoms with Crippen molar-refractivity contribution in [3.63, 3.8) is 0 Å². The lowest BCUT2D eigenvalue weighted by molar-refractivity contribution is 0.386. The van der Waals surface area contributed by atoms with Crippen LogP contribution in [-0.2, 0) is 0 Å². The van der Waals surface area contributed by atoms with Crippen LogP contribution in [0.15, 0.2) is 24.4 Å². The van der Waals surface area contributed by atoms with E-state index in [9.17, 15) is 4.39 Å². The fourth-order valence-corrected chi connectivity index (χ4v) is 1.40. The van der Waals surface area contributed by atoms with Gasteiger partial charge in [0.1, 0.15) is 5.82 Å². The van der Waals surface area contributed by atoms with Crippen molar-refractivity contribution < 1.29 is 9.13 Å². The minimum absolute atomic E-state index is 0.184. The Hall–Kier alpha value is -2.04. The van der Waals surface area contributed by atoms with E-state index in [4.69, 9.17) is 10.5 Å². The zero-order chi connectivity index (χ0) is 11.7. The molecule has 5 heteroatoms. The molecule has 0 unspecified atom stereocenters. The molecule has 16 heavy (non-hydrogen) atoms. The average molecular weight is 221 g/mol. The largest absolute Gasteiger partial charge is 0.494 e. The number of ether oxygens (including phenoxy) is 1. The lowest BCUT2D eigenvalue weighted by Gasteiger charge is -2.05. The Morgan fingerprint density at radius 1 is 1.44 bits per heavy atom. The number of halogens is 1. The maximum Gasteiger partial charge on any atom is 0.165 e. The Morgan fingerprint density at radius 2 is 2.19 bits per heavy atom. The molecule has 0 atom stereocenters. The van der Waals surface area contributed by atoms with E-state index in [0.717, 1.165) is 5.56 Å². The molecule has 1 heterocycles. The van der Waals surface area contributed by atoms with Crippen LogP contribution in [0.4, 0.5) is 10.2 Å². The van der Waals surface area contributed by atoms with Gasteiger partial charge in [0.25, 0.3) is 0 Å². The Bertz CT molecular complexity index is 502. The molecule has 2 rings (SSSR count). The van der Waals surface area contributed by atoms with Crippen molar-refractivity contribution in [2.24, 2.45) is 0 Å². The zero-order valence-corrected chi connectivity index (χ0v) is 9.07. The fraction of sp³-hybridized carbons (Fsp3) is 0.182. The molecule has 0 radical (unpaired) electrons. The van der Waals surface area contributed by atoms with Crippen LogP contribution >= 0.6 is 0 Å². The van der Waals surface area contributed by atoms with Crippen LogP contribution in [0, 0.1) is 12.7 Å². The van der Waals surface area contributed by atoms with Gasteiger partial charge in [0.05, 0.1) is 12.8 Å². The van der Waals surface area contributed by atoms with Gasteiger partial charge in [-0.3, -0.25) is 0 Å². The van der Waals surface area contributed by atoms with E-state index in [2.05, 4.69) is 5.10 Å². The van der Waals surface area contributed by atoms with Crippen LogP contribution in [0.5, 0.6) is 5.75 Å². The zero-order valence-electron chi connectivity index (χ0n) is 9.07. The molecule has 0 fully saturated rings. The quantitative estimate of drug-likeness (QED) is 0.842. The number of anilines is 1. The maximum absolute atomic E-state index is 13.2. The first-order valence-electron chi connectivity index (χ1n) is 4.77. The predicted molar refractivity (Wildman–Crippen MR) is 59.2 cm³/mol. The van der Waals surface area contributed by atoms with E-state index in [1.807, 2.05) is 6.92 Å². The van der Waals surface area contributed by atoms with Gasteiger partial charge in [0.2, 0.25) is 0 Å². The summed E-state index contributed by atoms with van der Waals surface area (Å²) in [5, 5.41) is 4.10. The summed E-state index contributed by atoms with van der Waals surface area (Å²) in [7, 11) is 1.42. The summed E-state index contributed by atoms with van der Waals surface area (Å²) in [6.45, 7) is 1.86. The molecule has 0 bridgehead atoms. The van der Waals surface area contributed by atoms with E-state index in [0.29, 0.717) is 11.5 Å². The number of nitrogens with two attached hydrogens (primary N) is 1. The third-order valence-corrected chi connectivity index (χ3v) is 2.33. The molecule has 0 spiro atoms. The highest BCUT2D eigenvalue weighted by atomic mass is 19.1. The number of benzene rings is 1. The van der Waals surface area contributed by atoms with Gasteiger partial charge in [-0.2, -0.15) is 5.10 Å². The van der Waals surface area contributed by atoms with Gasteiger partial charge in [0, 0.05) is 17.8 Å². The number of nitrogens with zero attached hydrogens (tertiary/aromatic N) is 2. The first-order valence-corrected chi connectivity index (χ1v) is 4.77. The molecule has 0 aliphatic carbocycles. The molecule has 84 valence electrons. The molecular weight excluding hydrogens is 209 g/mol. The first kappa shape index (κ1) is 10.5. The normalized spacial score (nSPS) is 10.4. The van der Waals surface area contributed by atoms with Gasteiger partial charge in [-0.1, -0.05) is 0 Å². The van der Waals surface area contributed by atoms with E-state index < -0.39 is 5.82 Å². The molecule has 1 aromatic carbocycles. The summed E-state index contributed by atoms with van der Waals surface area (Å²) in [6, 6.07) is 4.52. The number of rotatable bonds is 2. The van der Waals surface area contributed by atoms with Crippen LogP contribution in [0.25, 0.3) is 5.69 Å². The van der Waals surface area contributed by atoms with Gasteiger partial charge >= 0.3 is 0 Å². The molecule has 2 aromatic rings. The number of aromatic nitrogens is 2. The van der Waals surface area contributed by atoms with Crippen LogP contribution in [0.2, 0.25) is 0 Å². The standard InChI is InChI=1S/C11H12FN3O/c1-7-6-15(14-11(7)13)8-3-4-9(12)10(5-8)16-2/h3-6H,1-2H3,(H2,13,14). The minimum atomic E-state index is -0.400. The molecular formula is C11H12FN3O. The van der Waals surface area contributed by atoms with Gasteiger partial charge in [-0.15, -0.1) is 0 Å². The monoisotopic (exact) mass is 221 g/mol. The lowest BCUT2D eigenvalue weighted by atomic mass is 10.3. The smallest absolute Gasteiger partial charge is 0.165 e. The molecule has 0 amide bonds. The summed E-state index contributed by atoms with van der Waals surface area (Å²) >= 11 is 0. The molecule has 2 N–H and O–H groups in total. The Morgan fingerprint density at radius 3 is 2.75 bits per heavy atom.